The van der Waals surface area contributed by atoms with Crippen LogP contribution in [0.3, 0.4) is 0 Å². The zero-order valence-electron chi connectivity index (χ0n) is 14.3. The van der Waals surface area contributed by atoms with Crippen LogP contribution in [0.25, 0.3) is 0 Å². The predicted octanol–water partition coefficient (Wildman–Crippen LogP) is 3.62. The van der Waals surface area contributed by atoms with Crippen LogP contribution < -0.4 is 0 Å². The molecule has 1 heterocycles. The summed E-state index contributed by atoms with van der Waals surface area (Å²) in [4.78, 5) is 15.1. The Labute approximate surface area is 173 Å². The number of sulfonamides is 1. The van der Waals surface area contributed by atoms with E-state index in [1.54, 1.807) is 29.2 Å². The van der Waals surface area contributed by atoms with E-state index >= 15 is 0 Å². The van der Waals surface area contributed by atoms with Gasteiger partial charge in [0.15, 0.2) is 0 Å². The van der Waals surface area contributed by atoms with Crippen molar-refractivity contribution in [2.75, 3.05) is 31.9 Å². The van der Waals surface area contributed by atoms with E-state index in [0.29, 0.717) is 18.1 Å². The summed E-state index contributed by atoms with van der Waals surface area (Å²) in [5, 5.41) is 0.833. The Morgan fingerprint density at radius 2 is 1.70 bits per heavy atom. The lowest BCUT2D eigenvalue weighted by atomic mass is 10.3. The molecule has 0 aliphatic carbocycles. The summed E-state index contributed by atoms with van der Waals surface area (Å²) in [6.45, 7) is 1.22. The first-order valence-corrected chi connectivity index (χ1v) is 11.5. The first kappa shape index (κ1) is 20.5. The molecule has 0 bridgehead atoms. The fourth-order valence-electron chi connectivity index (χ4n) is 2.76. The van der Waals surface area contributed by atoms with Crippen LogP contribution in [-0.4, -0.2) is 55.5 Å². The highest BCUT2D eigenvalue weighted by Crippen LogP contribution is 2.26. The van der Waals surface area contributed by atoms with Crippen molar-refractivity contribution in [2.45, 2.75) is 9.79 Å². The Bertz CT molecular complexity index is 930. The monoisotopic (exact) mass is 444 g/mol. The summed E-state index contributed by atoms with van der Waals surface area (Å²) in [6.07, 6.45) is 0. The lowest BCUT2D eigenvalue weighted by Crippen LogP contribution is -2.51. The number of nitrogens with zero attached hydrogens (tertiary/aromatic N) is 2. The number of thioether (sulfide) groups is 1. The molecule has 0 saturated carbocycles. The van der Waals surface area contributed by atoms with Gasteiger partial charge in [-0.2, -0.15) is 4.31 Å². The summed E-state index contributed by atoms with van der Waals surface area (Å²) in [5.41, 5.74) is 0. The second kappa shape index (κ2) is 8.84. The molecular weight excluding hydrogens is 427 g/mol. The van der Waals surface area contributed by atoms with Gasteiger partial charge < -0.3 is 4.90 Å². The lowest BCUT2D eigenvalue weighted by molar-refractivity contribution is -0.129. The average Bonchev–Trinajstić information content (AvgIpc) is 2.66. The number of carbonyl (C=O) groups is 1. The molecule has 1 aliphatic heterocycles. The van der Waals surface area contributed by atoms with Crippen molar-refractivity contribution in [1.82, 2.24) is 9.21 Å². The molecule has 0 atom stereocenters. The Balaban J connectivity index is 1.57. The van der Waals surface area contributed by atoms with Gasteiger partial charge in [0.05, 0.1) is 10.8 Å². The molecule has 9 heteroatoms. The van der Waals surface area contributed by atoms with Crippen molar-refractivity contribution < 1.29 is 13.2 Å². The molecule has 1 aliphatic rings. The van der Waals surface area contributed by atoms with Crippen molar-refractivity contribution in [2.24, 2.45) is 0 Å². The van der Waals surface area contributed by atoms with E-state index in [1.807, 2.05) is 18.2 Å². The molecule has 144 valence electrons. The highest BCUT2D eigenvalue weighted by Gasteiger charge is 2.31. The molecule has 0 radical (unpaired) electrons. The Morgan fingerprint density at radius 1 is 1.00 bits per heavy atom. The van der Waals surface area contributed by atoms with Gasteiger partial charge in [-0.1, -0.05) is 41.4 Å². The second-order valence-electron chi connectivity index (χ2n) is 5.96. The molecule has 5 nitrogen and oxygen atoms in total. The van der Waals surface area contributed by atoms with Crippen molar-refractivity contribution in [3.05, 3.63) is 58.6 Å². The molecule has 27 heavy (non-hydrogen) atoms. The average molecular weight is 445 g/mol. The van der Waals surface area contributed by atoms with Crippen molar-refractivity contribution >= 4 is 50.9 Å². The Hall–Kier alpha value is -1.25. The fraction of sp³-hybridized carbons (Fsp3) is 0.278. The third-order valence-corrected chi connectivity index (χ3v) is 7.82. The highest BCUT2D eigenvalue weighted by atomic mass is 35.5. The van der Waals surface area contributed by atoms with Gasteiger partial charge in [-0.25, -0.2) is 8.42 Å². The maximum absolute atomic E-state index is 12.7. The standard InChI is InChI=1S/C18H18Cl2N2O3S2/c19-14-4-3-5-15(12-14)26-13-18(23)21-8-10-22(11-9-21)27(24,25)17-7-2-1-6-16(17)20/h1-7,12H,8-11,13H2. The Kier molecular flexibility index (Phi) is 6.70. The predicted molar refractivity (Wildman–Crippen MR) is 109 cm³/mol. The number of piperazine rings is 1. The van der Waals surface area contributed by atoms with E-state index in [9.17, 15) is 13.2 Å². The quantitative estimate of drug-likeness (QED) is 0.660. The molecular formula is C18H18Cl2N2O3S2. The van der Waals surface area contributed by atoms with Crippen LogP contribution in [0.15, 0.2) is 58.3 Å². The van der Waals surface area contributed by atoms with E-state index in [2.05, 4.69) is 0 Å². The normalized spacial score (nSPS) is 15.7. The van der Waals surface area contributed by atoms with Gasteiger partial charge in [0.2, 0.25) is 15.9 Å². The summed E-state index contributed by atoms with van der Waals surface area (Å²) in [6, 6.07) is 13.7. The zero-order valence-corrected chi connectivity index (χ0v) is 17.5. The molecule has 0 N–H and O–H groups in total. The van der Waals surface area contributed by atoms with Crippen LogP contribution in [0.1, 0.15) is 0 Å². The number of hydrogen-bond acceptors (Lipinski definition) is 4. The number of benzene rings is 2. The SMILES string of the molecule is O=C(CSc1cccc(Cl)c1)N1CCN(S(=O)(=O)c2ccccc2Cl)CC1. The van der Waals surface area contributed by atoms with Gasteiger partial charge in [-0.05, 0) is 30.3 Å². The largest absolute Gasteiger partial charge is 0.339 e. The smallest absolute Gasteiger partial charge is 0.244 e. The number of halogens is 2. The third kappa shape index (κ3) is 4.97. The summed E-state index contributed by atoms with van der Waals surface area (Å²) < 4.78 is 26.9. The minimum atomic E-state index is -3.66. The molecule has 2 aromatic rings. The number of carbonyl (C=O) groups excluding carboxylic acids is 1. The van der Waals surface area contributed by atoms with Crippen LogP contribution in [0.2, 0.25) is 10.0 Å². The molecule has 2 aromatic carbocycles. The summed E-state index contributed by atoms with van der Waals surface area (Å²) >= 11 is 13.4. The van der Waals surface area contributed by atoms with Crippen LogP contribution >= 0.6 is 35.0 Å². The van der Waals surface area contributed by atoms with Crippen LogP contribution in [-0.2, 0) is 14.8 Å². The van der Waals surface area contributed by atoms with Crippen molar-refractivity contribution in [3.63, 3.8) is 0 Å². The topological polar surface area (TPSA) is 57.7 Å². The third-order valence-electron chi connectivity index (χ3n) is 4.20. The minimum Gasteiger partial charge on any atom is -0.339 e. The molecule has 1 fully saturated rings. The van der Waals surface area contributed by atoms with Crippen LogP contribution in [0.4, 0.5) is 0 Å². The second-order valence-corrected chi connectivity index (χ2v) is 9.76. The van der Waals surface area contributed by atoms with E-state index in [4.69, 9.17) is 23.2 Å². The van der Waals surface area contributed by atoms with E-state index in [0.717, 1.165) is 4.90 Å². The maximum atomic E-state index is 12.7. The first-order valence-electron chi connectivity index (χ1n) is 8.29. The van der Waals surface area contributed by atoms with E-state index in [1.165, 1.54) is 22.1 Å². The highest BCUT2D eigenvalue weighted by molar-refractivity contribution is 8.00. The van der Waals surface area contributed by atoms with E-state index in [-0.39, 0.29) is 34.7 Å². The molecule has 3 rings (SSSR count). The Morgan fingerprint density at radius 3 is 2.37 bits per heavy atom. The van der Waals surface area contributed by atoms with Gasteiger partial charge in [0, 0.05) is 36.1 Å². The van der Waals surface area contributed by atoms with Crippen LogP contribution in [0, 0.1) is 0 Å². The number of rotatable bonds is 5. The first-order chi connectivity index (χ1) is 12.9. The van der Waals surface area contributed by atoms with E-state index < -0.39 is 10.0 Å². The van der Waals surface area contributed by atoms with Gasteiger partial charge in [-0.3, -0.25) is 4.79 Å². The molecule has 1 amide bonds. The summed E-state index contributed by atoms with van der Waals surface area (Å²) in [5.74, 6) is 0.271. The summed E-state index contributed by atoms with van der Waals surface area (Å²) in [7, 11) is -3.66. The molecule has 0 spiro atoms. The fourth-order valence-corrected chi connectivity index (χ4v) is 5.79. The zero-order chi connectivity index (χ0) is 19.4. The van der Waals surface area contributed by atoms with Crippen molar-refractivity contribution in [3.8, 4) is 0 Å². The number of hydrogen-bond donors (Lipinski definition) is 0. The van der Waals surface area contributed by atoms with Gasteiger partial charge in [0.25, 0.3) is 0 Å². The molecule has 0 aromatic heterocycles. The van der Waals surface area contributed by atoms with Gasteiger partial charge in [0.1, 0.15) is 4.90 Å². The van der Waals surface area contributed by atoms with Gasteiger partial charge >= 0.3 is 0 Å². The lowest BCUT2D eigenvalue weighted by Gasteiger charge is -2.34. The van der Waals surface area contributed by atoms with Gasteiger partial charge in [-0.15, -0.1) is 11.8 Å². The maximum Gasteiger partial charge on any atom is 0.244 e. The number of amides is 1. The molecule has 1 saturated heterocycles. The molecule has 0 unspecified atom stereocenters. The minimum absolute atomic E-state index is 0.0187. The van der Waals surface area contributed by atoms with Crippen molar-refractivity contribution in [1.29, 1.82) is 0 Å². The van der Waals surface area contributed by atoms with Crippen LogP contribution in [0.5, 0.6) is 0 Å².